The molecule has 2 aromatic carbocycles. The fourth-order valence-corrected chi connectivity index (χ4v) is 3.05. The van der Waals surface area contributed by atoms with E-state index in [0.717, 1.165) is 5.56 Å². The molecule has 0 unspecified atom stereocenters. The van der Waals surface area contributed by atoms with Gasteiger partial charge in [0.05, 0.1) is 12.7 Å². The van der Waals surface area contributed by atoms with Crippen LogP contribution in [0.5, 0.6) is 5.75 Å². The summed E-state index contributed by atoms with van der Waals surface area (Å²) in [4.78, 5) is 28.4. The molecular formula is C20H21FN2O3. The number of carbonyl (C=O) groups excluding carboxylic acids is 2. The standard InChI is InChI=1S/C20H21FN2O3/c1-14-7-8-15(13-18(14)26-2)19(24)22-9-11-23(12-10-22)20(25)16-5-3-4-6-17(16)21/h3-8,13H,9-12H2,1-2H3. The molecule has 0 radical (unpaired) electrons. The van der Waals surface area contributed by atoms with Crippen LogP contribution < -0.4 is 4.74 Å². The molecule has 1 saturated heterocycles. The molecule has 0 N–H and O–H groups in total. The highest BCUT2D eigenvalue weighted by molar-refractivity contribution is 5.96. The van der Waals surface area contributed by atoms with Crippen molar-refractivity contribution in [1.29, 1.82) is 0 Å². The SMILES string of the molecule is COc1cc(C(=O)N2CCN(C(=O)c3ccccc3F)CC2)ccc1C. The summed E-state index contributed by atoms with van der Waals surface area (Å²) in [5.41, 5.74) is 1.58. The highest BCUT2D eigenvalue weighted by Crippen LogP contribution is 2.21. The Morgan fingerprint density at radius 3 is 2.19 bits per heavy atom. The topological polar surface area (TPSA) is 49.9 Å². The molecule has 0 bridgehead atoms. The Morgan fingerprint density at radius 2 is 1.58 bits per heavy atom. The molecule has 0 aliphatic carbocycles. The summed E-state index contributed by atoms with van der Waals surface area (Å²) in [6.45, 7) is 3.49. The fourth-order valence-electron chi connectivity index (χ4n) is 3.05. The van der Waals surface area contributed by atoms with Gasteiger partial charge in [-0.1, -0.05) is 18.2 Å². The largest absolute Gasteiger partial charge is 0.496 e. The predicted molar refractivity (Wildman–Crippen MR) is 95.9 cm³/mol. The van der Waals surface area contributed by atoms with Gasteiger partial charge in [0, 0.05) is 31.7 Å². The minimum absolute atomic E-state index is 0.0653. The van der Waals surface area contributed by atoms with Gasteiger partial charge in [-0.15, -0.1) is 0 Å². The van der Waals surface area contributed by atoms with Crippen LogP contribution in [-0.4, -0.2) is 54.9 Å². The number of ether oxygens (including phenoxy) is 1. The van der Waals surface area contributed by atoms with E-state index in [2.05, 4.69) is 0 Å². The second-order valence-electron chi connectivity index (χ2n) is 6.25. The third-order valence-electron chi connectivity index (χ3n) is 4.61. The second kappa shape index (κ2) is 7.56. The van der Waals surface area contributed by atoms with Gasteiger partial charge in [-0.2, -0.15) is 0 Å². The summed E-state index contributed by atoms with van der Waals surface area (Å²) < 4.78 is 19.1. The van der Waals surface area contributed by atoms with Crippen LogP contribution in [0, 0.1) is 12.7 Å². The van der Waals surface area contributed by atoms with Crippen LogP contribution in [0.1, 0.15) is 26.3 Å². The maximum atomic E-state index is 13.8. The van der Waals surface area contributed by atoms with Crippen molar-refractivity contribution in [1.82, 2.24) is 9.80 Å². The number of rotatable bonds is 3. The summed E-state index contributed by atoms with van der Waals surface area (Å²) in [5, 5.41) is 0. The summed E-state index contributed by atoms with van der Waals surface area (Å²) in [6.07, 6.45) is 0. The zero-order valence-corrected chi connectivity index (χ0v) is 14.9. The monoisotopic (exact) mass is 356 g/mol. The number of amides is 2. The number of methoxy groups -OCH3 is 1. The normalized spacial score (nSPS) is 14.3. The number of nitrogens with zero attached hydrogens (tertiary/aromatic N) is 2. The first-order valence-electron chi connectivity index (χ1n) is 8.49. The van der Waals surface area contributed by atoms with E-state index in [-0.39, 0.29) is 17.4 Å². The predicted octanol–water partition coefficient (Wildman–Crippen LogP) is 2.74. The van der Waals surface area contributed by atoms with Crippen LogP contribution in [0.4, 0.5) is 4.39 Å². The minimum Gasteiger partial charge on any atom is -0.496 e. The lowest BCUT2D eigenvalue weighted by molar-refractivity contribution is 0.0532. The van der Waals surface area contributed by atoms with Crippen molar-refractivity contribution in [2.75, 3.05) is 33.3 Å². The molecular weight excluding hydrogens is 335 g/mol. The molecule has 0 atom stereocenters. The number of carbonyl (C=O) groups is 2. The first kappa shape index (κ1) is 17.9. The Bertz CT molecular complexity index is 830. The Balaban J connectivity index is 1.66. The van der Waals surface area contributed by atoms with Crippen molar-refractivity contribution in [2.24, 2.45) is 0 Å². The van der Waals surface area contributed by atoms with Gasteiger partial charge in [0.25, 0.3) is 11.8 Å². The maximum absolute atomic E-state index is 13.8. The van der Waals surface area contributed by atoms with Gasteiger partial charge in [-0.25, -0.2) is 4.39 Å². The molecule has 3 rings (SSSR count). The van der Waals surface area contributed by atoms with E-state index in [4.69, 9.17) is 4.74 Å². The van der Waals surface area contributed by atoms with Gasteiger partial charge in [-0.05, 0) is 36.8 Å². The van der Waals surface area contributed by atoms with Crippen molar-refractivity contribution in [3.8, 4) is 5.75 Å². The molecule has 1 heterocycles. The van der Waals surface area contributed by atoms with Gasteiger partial charge in [0.15, 0.2) is 0 Å². The number of benzene rings is 2. The maximum Gasteiger partial charge on any atom is 0.256 e. The van der Waals surface area contributed by atoms with Gasteiger partial charge >= 0.3 is 0 Å². The summed E-state index contributed by atoms with van der Waals surface area (Å²) in [5.74, 6) is -0.291. The van der Waals surface area contributed by atoms with Crippen molar-refractivity contribution in [2.45, 2.75) is 6.92 Å². The zero-order valence-electron chi connectivity index (χ0n) is 14.9. The van der Waals surface area contributed by atoms with Crippen LogP contribution in [0.3, 0.4) is 0 Å². The smallest absolute Gasteiger partial charge is 0.256 e. The lowest BCUT2D eigenvalue weighted by Crippen LogP contribution is -2.50. The Morgan fingerprint density at radius 1 is 0.962 bits per heavy atom. The third kappa shape index (κ3) is 3.54. The molecule has 0 spiro atoms. The van der Waals surface area contributed by atoms with E-state index in [1.165, 1.54) is 12.1 Å². The zero-order chi connectivity index (χ0) is 18.7. The molecule has 5 nitrogen and oxygen atoms in total. The summed E-state index contributed by atoms with van der Waals surface area (Å²) in [7, 11) is 1.57. The van der Waals surface area contributed by atoms with Crippen LogP contribution in [-0.2, 0) is 0 Å². The first-order valence-corrected chi connectivity index (χ1v) is 8.49. The van der Waals surface area contributed by atoms with Crippen LogP contribution >= 0.6 is 0 Å². The van der Waals surface area contributed by atoms with E-state index in [0.29, 0.717) is 37.5 Å². The van der Waals surface area contributed by atoms with Crippen molar-refractivity contribution < 1.29 is 18.7 Å². The summed E-state index contributed by atoms with van der Waals surface area (Å²) in [6, 6.07) is 11.3. The molecule has 0 saturated carbocycles. The Kier molecular flexibility index (Phi) is 5.21. The van der Waals surface area contributed by atoms with Crippen LogP contribution in [0.15, 0.2) is 42.5 Å². The fraction of sp³-hybridized carbons (Fsp3) is 0.300. The average Bonchev–Trinajstić information content (AvgIpc) is 2.68. The number of piperazine rings is 1. The molecule has 2 aromatic rings. The Labute approximate surface area is 152 Å². The molecule has 26 heavy (non-hydrogen) atoms. The molecule has 6 heteroatoms. The minimum atomic E-state index is -0.525. The Hall–Kier alpha value is -2.89. The highest BCUT2D eigenvalue weighted by atomic mass is 19.1. The van der Waals surface area contributed by atoms with Crippen molar-refractivity contribution in [3.05, 3.63) is 65.0 Å². The number of hydrogen-bond acceptors (Lipinski definition) is 3. The van der Waals surface area contributed by atoms with Crippen molar-refractivity contribution in [3.63, 3.8) is 0 Å². The van der Waals surface area contributed by atoms with E-state index in [1.54, 1.807) is 41.2 Å². The molecule has 136 valence electrons. The van der Waals surface area contributed by atoms with Crippen molar-refractivity contribution >= 4 is 11.8 Å². The van der Waals surface area contributed by atoms with Crippen LogP contribution in [0.2, 0.25) is 0 Å². The van der Waals surface area contributed by atoms with Crippen LogP contribution in [0.25, 0.3) is 0 Å². The first-order chi connectivity index (χ1) is 12.5. The average molecular weight is 356 g/mol. The number of aryl methyl sites for hydroxylation is 1. The second-order valence-corrected chi connectivity index (χ2v) is 6.25. The lowest BCUT2D eigenvalue weighted by atomic mass is 10.1. The van der Waals surface area contributed by atoms with Gasteiger partial charge in [0.2, 0.25) is 0 Å². The van der Waals surface area contributed by atoms with Gasteiger partial charge in [0.1, 0.15) is 11.6 Å². The van der Waals surface area contributed by atoms with E-state index >= 15 is 0 Å². The molecule has 0 aromatic heterocycles. The van der Waals surface area contributed by atoms with Gasteiger partial charge < -0.3 is 14.5 Å². The number of halogens is 1. The van der Waals surface area contributed by atoms with Gasteiger partial charge in [-0.3, -0.25) is 9.59 Å². The van der Waals surface area contributed by atoms with E-state index < -0.39 is 5.82 Å². The molecule has 1 aliphatic heterocycles. The molecule has 2 amide bonds. The summed E-state index contributed by atoms with van der Waals surface area (Å²) >= 11 is 0. The van der Waals surface area contributed by atoms with E-state index in [9.17, 15) is 14.0 Å². The highest BCUT2D eigenvalue weighted by Gasteiger charge is 2.26. The van der Waals surface area contributed by atoms with E-state index in [1.807, 2.05) is 13.0 Å². The quantitative estimate of drug-likeness (QED) is 0.850. The molecule has 1 aliphatic rings. The number of hydrogen-bond donors (Lipinski definition) is 0. The lowest BCUT2D eigenvalue weighted by Gasteiger charge is -2.35. The third-order valence-corrected chi connectivity index (χ3v) is 4.61. The molecule has 1 fully saturated rings.